The molecule has 1 aliphatic carbocycles. The van der Waals surface area contributed by atoms with Gasteiger partial charge in [0.25, 0.3) is 5.91 Å². The van der Waals surface area contributed by atoms with Crippen LogP contribution < -0.4 is 5.32 Å². The second-order valence-electron chi connectivity index (χ2n) is 6.80. The maximum Gasteiger partial charge on any atom is 0.254 e. The van der Waals surface area contributed by atoms with Gasteiger partial charge in [0.05, 0.1) is 5.60 Å². The molecule has 6 heteroatoms. The van der Waals surface area contributed by atoms with Gasteiger partial charge in [-0.15, -0.1) is 0 Å². The van der Waals surface area contributed by atoms with E-state index in [1.807, 2.05) is 17.0 Å². The van der Waals surface area contributed by atoms with Crippen molar-refractivity contribution in [2.45, 2.75) is 31.3 Å². The Morgan fingerprint density at radius 1 is 1.17 bits per heavy atom. The van der Waals surface area contributed by atoms with E-state index < -0.39 is 0 Å². The van der Waals surface area contributed by atoms with Crippen molar-refractivity contribution in [2.75, 3.05) is 26.2 Å². The van der Waals surface area contributed by atoms with Gasteiger partial charge in [-0.25, -0.2) is 0 Å². The molecule has 0 unspecified atom stereocenters. The third kappa shape index (κ3) is 2.51. The second kappa shape index (κ2) is 5.70. The van der Waals surface area contributed by atoms with Crippen LogP contribution in [0.15, 0.2) is 18.2 Å². The van der Waals surface area contributed by atoms with Gasteiger partial charge < -0.3 is 15.0 Å². The SMILES string of the molecule is O=C1COC2(CCN(C(=O)c3cccc4c3CCC4=O)CC2)CN1. The number of likely N-dealkylation sites (tertiary alicyclic amines) is 1. The van der Waals surface area contributed by atoms with E-state index in [2.05, 4.69) is 5.32 Å². The fraction of sp³-hybridized carbons (Fsp3) is 0.500. The van der Waals surface area contributed by atoms with Gasteiger partial charge in [0.2, 0.25) is 5.91 Å². The lowest BCUT2D eigenvalue weighted by Gasteiger charge is -2.43. The quantitative estimate of drug-likeness (QED) is 0.832. The first-order chi connectivity index (χ1) is 11.6. The van der Waals surface area contributed by atoms with Crippen molar-refractivity contribution in [3.05, 3.63) is 34.9 Å². The molecule has 0 radical (unpaired) electrons. The molecule has 3 aliphatic rings. The maximum absolute atomic E-state index is 12.9. The summed E-state index contributed by atoms with van der Waals surface area (Å²) in [7, 11) is 0. The largest absolute Gasteiger partial charge is 0.363 e. The molecule has 6 nitrogen and oxygen atoms in total. The number of amides is 2. The van der Waals surface area contributed by atoms with E-state index in [1.54, 1.807) is 6.07 Å². The Morgan fingerprint density at radius 3 is 2.67 bits per heavy atom. The summed E-state index contributed by atoms with van der Waals surface area (Å²) < 4.78 is 5.75. The number of benzene rings is 1. The van der Waals surface area contributed by atoms with Crippen LogP contribution in [0, 0.1) is 0 Å². The molecule has 1 N–H and O–H groups in total. The first-order valence-corrected chi connectivity index (χ1v) is 8.43. The fourth-order valence-electron chi connectivity index (χ4n) is 3.88. The molecule has 1 spiro atoms. The number of Topliss-reactive ketones (excluding diaryl/α,β-unsaturated/α-hetero) is 1. The number of hydrogen-bond acceptors (Lipinski definition) is 4. The van der Waals surface area contributed by atoms with E-state index in [9.17, 15) is 14.4 Å². The number of morpholine rings is 1. The fourth-order valence-corrected chi connectivity index (χ4v) is 3.88. The molecular formula is C18H20N2O4. The zero-order valence-corrected chi connectivity index (χ0v) is 13.5. The van der Waals surface area contributed by atoms with Crippen LogP contribution in [-0.2, 0) is 16.0 Å². The number of ketones is 1. The minimum absolute atomic E-state index is 0.00348. The highest BCUT2D eigenvalue weighted by molar-refractivity contribution is 6.05. The molecular weight excluding hydrogens is 308 g/mol. The molecule has 0 saturated carbocycles. The maximum atomic E-state index is 12.9. The predicted octanol–water partition coefficient (Wildman–Crippen LogP) is 0.937. The van der Waals surface area contributed by atoms with Gasteiger partial charge in [-0.1, -0.05) is 12.1 Å². The lowest BCUT2D eigenvalue weighted by Crippen LogP contribution is -2.58. The minimum Gasteiger partial charge on any atom is -0.363 e. The minimum atomic E-state index is -0.334. The Morgan fingerprint density at radius 2 is 1.96 bits per heavy atom. The average molecular weight is 328 g/mol. The number of ether oxygens (including phenoxy) is 1. The summed E-state index contributed by atoms with van der Waals surface area (Å²) in [6, 6.07) is 5.42. The Balaban J connectivity index is 1.48. The molecule has 0 bridgehead atoms. The van der Waals surface area contributed by atoms with Crippen molar-refractivity contribution in [1.82, 2.24) is 10.2 Å². The summed E-state index contributed by atoms with van der Waals surface area (Å²) in [6.45, 7) is 1.82. The Kier molecular flexibility index (Phi) is 3.64. The number of carbonyl (C=O) groups is 3. The first kappa shape index (κ1) is 15.3. The van der Waals surface area contributed by atoms with Gasteiger partial charge in [0.15, 0.2) is 5.78 Å². The summed E-state index contributed by atoms with van der Waals surface area (Å²) in [6.07, 6.45) is 2.58. The highest BCUT2D eigenvalue weighted by Gasteiger charge is 2.40. The van der Waals surface area contributed by atoms with Gasteiger partial charge in [-0.2, -0.15) is 0 Å². The smallest absolute Gasteiger partial charge is 0.254 e. The lowest BCUT2D eigenvalue weighted by molar-refractivity contribution is -0.149. The monoisotopic (exact) mass is 328 g/mol. The van der Waals surface area contributed by atoms with Crippen molar-refractivity contribution in [3.8, 4) is 0 Å². The molecule has 1 aromatic rings. The molecule has 4 rings (SSSR count). The molecule has 2 aliphatic heterocycles. The average Bonchev–Trinajstić information content (AvgIpc) is 2.99. The lowest BCUT2D eigenvalue weighted by atomic mass is 9.89. The van der Waals surface area contributed by atoms with Crippen molar-refractivity contribution < 1.29 is 19.1 Å². The van der Waals surface area contributed by atoms with Gasteiger partial charge in [-0.3, -0.25) is 14.4 Å². The molecule has 0 aromatic heterocycles. The molecule has 2 saturated heterocycles. The molecule has 24 heavy (non-hydrogen) atoms. The Bertz CT molecular complexity index is 708. The molecule has 2 heterocycles. The summed E-state index contributed by atoms with van der Waals surface area (Å²) in [5.74, 6) is 0.0449. The molecule has 2 fully saturated rings. The van der Waals surface area contributed by atoms with Crippen LogP contribution in [0.25, 0.3) is 0 Å². The Labute approximate surface area is 140 Å². The summed E-state index contributed by atoms with van der Waals surface area (Å²) in [5.41, 5.74) is 1.92. The van der Waals surface area contributed by atoms with Crippen LogP contribution in [0.3, 0.4) is 0 Å². The second-order valence-corrected chi connectivity index (χ2v) is 6.80. The highest BCUT2D eigenvalue weighted by atomic mass is 16.5. The predicted molar refractivity (Wildman–Crippen MR) is 85.9 cm³/mol. The zero-order valence-electron chi connectivity index (χ0n) is 13.5. The number of nitrogens with one attached hydrogen (secondary N) is 1. The summed E-state index contributed by atoms with van der Waals surface area (Å²) in [4.78, 5) is 37.9. The van der Waals surface area contributed by atoms with Crippen molar-refractivity contribution in [3.63, 3.8) is 0 Å². The first-order valence-electron chi connectivity index (χ1n) is 8.43. The number of rotatable bonds is 1. The van der Waals surface area contributed by atoms with Crippen molar-refractivity contribution >= 4 is 17.6 Å². The van der Waals surface area contributed by atoms with Crippen LogP contribution in [0.2, 0.25) is 0 Å². The van der Waals surface area contributed by atoms with Gasteiger partial charge in [-0.05, 0) is 30.9 Å². The van der Waals surface area contributed by atoms with Gasteiger partial charge in [0, 0.05) is 37.2 Å². The van der Waals surface area contributed by atoms with E-state index in [0.29, 0.717) is 56.4 Å². The highest BCUT2D eigenvalue weighted by Crippen LogP contribution is 2.30. The molecule has 126 valence electrons. The van der Waals surface area contributed by atoms with E-state index in [-0.39, 0.29) is 29.8 Å². The van der Waals surface area contributed by atoms with Crippen LogP contribution in [-0.4, -0.2) is 54.3 Å². The van der Waals surface area contributed by atoms with Gasteiger partial charge in [0.1, 0.15) is 6.61 Å². The van der Waals surface area contributed by atoms with E-state index in [1.165, 1.54) is 0 Å². The van der Waals surface area contributed by atoms with E-state index >= 15 is 0 Å². The Hall–Kier alpha value is -2.21. The van der Waals surface area contributed by atoms with Crippen LogP contribution in [0.5, 0.6) is 0 Å². The number of hydrogen-bond donors (Lipinski definition) is 1. The third-order valence-corrected chi connectivity index (χ3v) is 5.39. The van der Waals surface area contributed by atoms with Crippen molar-refractivity contribution in [2.24, 2.45) is 0 Å². The van der Waals surface area contributed by atoms with Crippen LogP contribution >= 0.6 is 0 Å². The van der Waals surface area contributed by atoms with E-state index in [0.717, 1.165) is 5.56 Å². The number of fused-ring (bicyclic) bond motifs is 1. The number of nitrogens with zero attached hydrogens (tertiary/aromatic N) is 1. The summed E-state index contributed by atoms with van der Waals surface area (Å²) in [5, 5.41) is 2.85. The third-order valence-electron chi connectivity index (χ3n) is 5.39. The van der Waals surface area contributed by atoms with Crippen molar-refractivity contribution in [1.29, 1.82) is 0 Å². The van der Waals surface area contributed by atoms with E-state index in [4.69, 9.17) is 4.74 Å². The van der Waals surface area contributed by atoms with Crippen LogP contribution in [0.1, 0.15) is 45.5 Å². The number of piperidine rings is 1. The summed E-state index contributed by atoms with van der Waals surface area (Å²) >= 11 is 0. The molecule has 0 atom stereocenters. The molecule has 1 aromatic carbocycles. The standard InChI is InChI=1S/C18H20N2O4/c21-15-5-4-12-13(15)2-1-3-14(12)17(23)20-8-6-18(7-9-20)11-19-16(22)10-24-18/h1-3H,4-11H2,(H,19,22). The molecule has 2 amide bonds. The number of carbonyl (C=O) groups excluding carboxylic acids is 3. The van der Waals surface area contributed by atoms with Gasteiger partial charge >= 0.3 is 0 Å². The van der Waals surface area contributed by atoms with Crippen LogP contribution in [0.4, 0.5) is 0 Å². The topological polar surface area (TPSA) is 75.7 Å². The zero-order chi connectivity index (χ0) is 16.7. The normalized spacial score (nSPS) is 22.4.